The molecule has 1 saturated heterocycles. The van der Waals surface area contributed by atoms with Crippen molar-refractivity contribution < 1.29 is 13.2 Å². The van der Waals surface area contributed by atoms with Crippen molar-refractivity contribution in [3.63, 3.8) is 0 Å². The van der Waals surface area contributed by atoms with Gasteiger partial charge >= 0.3 is 0 Å². The van der Waals surface area contributed by atoms with Crippen molar-refractivity contribution in [3.05, 3.63) is 12.7 Å². The van der Waals surface area contributed by atoms with Crippen LogP contribution in [0.5, 0.6) is 0 Å². The molecule has 0 spiro atoms. The van der Waals surface area contributed by atoms with Crippen molar-refractivity contribution in [2.45, 2.75) is 44.0 Å². The molecule has 1 aliphatic rings. The Morgan fingerprint density at radius 3 is 2.75 bits per heavy atom. The number of ether oxygens (including phenoxy) is 1. The Morgan fingerprint density at radius 2 is 2.31 bits per heavy atom. The first-order valence-electron chi connectivity index (χ1n) is 5.69. The zero-order valence-corrected chi connectivity index (χ0v) is 10.6. The van der Waals surface area contributed by atoms with Crippen molar-refractivity contribution in [1.82, 2.24) is 0 Å². The summed E-state index contributed by atoms with van der Waals surface area (Å²) in [6, 6.07) is 0. The Labute approximate surface area is 97.9 Å². The molecule has 0 radical (unpaired) electrons. The van der Waals surface area contributed by atoms with E-state index in [1.807, 2.05) is 6.92 Å². The summed E-state index contributed by atoms with van der Waals surface area (Å²) in [5.74, 6) is -0.00306. The lowest BCUT2D eigenvalue weighted by atomic mass is 9.98. The molecule has 1 fully saturated rings. The Bertz CT molecular complexity index is 320. The van der Waals surface area contributed by atoms with Gasteiger partial charge in [0.25, 0.3) is 0 Å². The van der Waals surface area contributed by atoms with Crippen LogP contribution >= 0.6 is 0 Å². The molecule has 0 aromatic heterocycles. The van der Waals surface area contributed by atoms with Crippen LogP contribution in [0.3, 0.4) is 0 Å². The van der Waals surface area contributed by atoms with Gasteiger partial charge in [0.1, 0.15) is 0 Å². The number of nitrogens with two attached hydrogens (primary N) is 1. The topological polar surface area (TPSA) is 69.4 Å². The number of hydrogen-bond donors (Lipinski definition) is 1. The van der Waals surface area contributed by atoms with Gasteiger partial charge in [-0.25, -0.2) is 13.6 Å². The molecule has 1 rings (SSSR count). The van der Waals surface area contributed by atoms with Gasteiger partial charge in [-0.15, -0.1) is 6.58 Å². The molecule has 4 nitrogen and oxygen atoms in total. The predicted molar refractivity (Wildman–Crippen MR) is 64.5 cm³/mol. The summed E-state index contributed by atoms with van der Waals surface area (Å²) in [6.45, 7) is 6.26. The monoisotopic (exact) mass is 247 g/mol. The number of rotatable bonds is 6. The third-order valence-corrected chi connectivity index (χ3v) is 4.62. The third-order valence-electron chi connectivity index (χ3n) is 3.11. The Morgan fingerprint density at radius 1 is 1.62 bits per heavy atom. The summed E-state index contributed by atoms with van der Waals surface area (Å²) in [7, 11) is -3.50. The van der Waals surface area contributed by atoms with Crippen LogP contribution < -0.4 is 5.14 Å². The van der Waals surface area contributed by atoms with Gasteiger partial charge in [0.15, 0.2) is 0 Å². The smallest absolute Gasteiger partial charge is 0.212 e. The maximum atomic E-state index is 11.5. The molecule has 0 bridgehead atoms. The molecule has 0 amide bonds. The minimum absolute atomic E-state index is 0.00306. The van der Waals surface area contributed by atoms with E-state index in [0.29, 0.717) is 12.8 Å². The summed E-state index contributed by atoms with van der Waals surface area (Å²) in [5.41, 5.74) is 0. The molecule has 5 heteroatoms. The van der Waals surface area contributed by atoms with Gasteiger partial charge in [-0.2, -0.15) is 0 Å². The molecule has 16 heavy (non-hydrogen) atoms. The predicted octanol–water partition coefficient (Wildman–Crippen LogP) is 1.42. The second-order valence-corrected chi connectivity index (χ2v) is 6.28. The van der Waals surface area contributed by atoms with Crippen LogP contribution in [-0.4, -0.2) is 26.4 Å². The van der Waals surface area contributed by atoms with E-state index in [9.17, 15) is 8.42 Å². The first-order valence-corrected chi connectivity index (χ1v) is 7.30. The van der Waals surface area contributed by atoms with E-state index in [2.05, 4.69) is 6.58 Å². The molecule has 2 N–H and O–H groups in total. The minimum atomic E-state index is -3.50. The average molecular weight is 247 g/mol. The highest BCUT2D eigenvalue weighted by atomic mass is 32.2. The molecule has 0 aromatic carbocycles. The van der Waals surface area contributed by atoms with Crippen LogP contribution in [0.1, 0.15) is 32.6 Å². The van der Waals surface area contributed by atoms with Gasteiger partial charge < -0.3 is 4.74 Å². The van der Waals surface area contributed by atoms with E-state index in [0.717, 1.165) is 19.4 Å². The highest BCUT2D eigenvalue weighted by molar-refractivity contribution is 7.89. The maximum Gasteiger partial charge on any atom is 0.212 e. The molecule has 1 heterocycles. The van der Waals surface area contributed by atoms with Gasteiger partial charge in [0.2, 0.25) is 10.0 Å². The lowest BCUT2D eigenvalue weighted by Crippen LogP contribution is -2.36. The first-order chi connectivity index (χ1) is 7.45. The highest BCUT2D eigenvalue weighted by Crippen LogP contribution is 2.25. The highest BCUT2D eigenvalue weighted by Gasteiger charge is 2.31. The average Bonchev–Trinajstić information content (AvgIpc) is 2.64. The summed E-state index contributed by atoms with van der Waals surface area (Å²) in [6.07, 6.45) is 4.90. The van der Waals surface area contributed by atoms with Crippen molar-refractivity contribution in [2.24, 2.45) is 11.1 Å². The second kappa shape index (κ2) is 5.80. The van der Waals surface area contributed by atoms with Crippen LogP contribution in [-0.2, 0) is 14.8 Å². The fraction of sp³-hybridized carbons (Fsp3) is 0.818. The Balaban J connectivity index is 2.66. The molecule has 0 saturated carbocycles. The number of primary sulfonamides is 1. The zero-order valence-electron chi connectivity index (χ0n) is 9.76. The zero-order chi connectivity index (χ0) is 12.2. The van der Waals surface area contributed by atoms with Crippen LogP contribution in [0.4, 0.5) is 0 Å². The molecule has 3 atom stereocenters. The number of sulfonamides is 1. The van der Waals surface area contributed by atoms with Crippen LogP contribution in [0.2, 0.25) is 0 Å². The minimum Gasteiger partial charge on any atom is -0.378 e. The number of hydrogen-bond acceptors (Lipinski definition) is 3. The van der Waals surface area contributed by atoms with Gasteiger partial charge in [0.05, 0.1) is 11.4 Å². The van der Waals surface area contributed by atoms with Gasteiger partial charge in [-0.3, -0.25) is 0 Å². The fourth-order valence-corrected chi connectivity index (χ4v) is 3.44. The van der Waals surface area contributed by atoms with E-state index < -0.39 is 15.3 Å². The first kappa shape index (κ1) is 13.7. The van der Waals surface area contributed by atoms with E-state index in [4.69, 9.17) is 9.88 Å². The lowest BCUT2D eigenvalue weighted by Gasteiger charge is -2.23. The SMILES string of the molecule is C=CC[C@H](C)[C@H](C[C@H]1CCCO1)S(N)(=O)=O. The van der Waals surface area contributed by atoms with Crippen molar-refractivity contribution in [3.8, 4) is 0 Å². The van der Waals surface area contributed by atoms with Crippen molar-refractivity contribution in [1.29, 1.82) is 0 Å². The number of allylic oxidation sites excluding steroid dienone is 1. The van der Waals surface area contributed by atoms with Crippen LogP contribution in [0, 0.1) is 5.92 Å². The van der Waals surface area contributed by atoms with E-state index in [1.165, 1.54) is 0 Å². The van der Waals surface area contributed by atoms with E-state index >= 15 is 0 Å². The molecule has 0 aromatic rings. The van der Waals surface area contributed by atoms with E-state index in [1.54, 1.807) is 6.08 Å². The second-order valence-electron chi connectivity index (χ2n) is 4.50. The third kappa shape index (κ3) is 3.88. The van der Waals surface area contributed by atoms with Crippen LogP contribution in [0.15, 0.2) is 12.7 Å². The molecule has 0 unspecified atom stereocenters. The van der Waals surface area contributed by atoms with Crippen molar-refractivity contribution in [2.75, 3.05) is 6.61 Å². The summed E-state index contributed by atoms with van der Waals surface area (Å²) < 4.78 is 28.5. The quantitative estimate of drug-likeness (QED) is 0.722. The van der Waals surface area contributed by atoms with Gasteiger partial charge in [-0.1, -0.05) is 13.0 Å². The fourth-order valence-electron chi connectivity index (χ4n) is 2.19. The van der Waals surface area contributed by atoms with Crippen molar-refractivity contribution >= 4 is 10.0 Å². The van der Waals surface area contributed by atoms with Gasteiger partial charge in [-0.05, 0) is 31.6 Å². The Hall–Kier alpha value is -0.390. The molecular formula is C11H21NO3S. The van der Waals surface area contributed by atoms with Gasteiger partial charge in [0, 0.05) is 6.61 Å². The van der Waals surface area contributed by atoms with E-state index in [-0.39, 0.29) is 12.0 Å². The normalized spacial score (nSPS) is 25.2. The maximum absolute atomic E-state index is 11.5. The molecular weight excluding hydrogens is 226 g/mol. The van der Waals surface area contributed by atoms with Crippen LogP contribution in [0.25, 0.3) is 0 Å². The molecule has 94 valence electrons. The largest absolute Gasteiger partial charge is 0.378 e. The summed E-state index contributed by atoms with van der Waals surface area (Å²) >= 11 is 0. The molecule has 0 aliphatic carbocycles. The lowest BCUT2D eigenvalue weighted by molar-refractivity contribution is 0.0996. The Kier molecular flexibility index (Phi) is 4.95. The standard InChI is InChI=1S/C11H21NO3S/c1-3-5-9(2)11(16(12,13)14)8-10-6-4-7-15-10/h3,9-11H,1,4-8H2,2H3,(H2,12,13,14)/t9-,10+,11-/m0/s1. The molecule has 1 aliphatic heterocycles. The summed E-state index contributed by atoms with van der Waals surface area (Å²) in [5, 5.41) is 4.75. The summed E-state index contributed by atoms with van der Waals surface area (Å²) in [4.78, 5) is 0.